The maximum Gasteiger partial charge on any atom is 0.340 e. The molecule has 1 amide bonds. The van der Waals surface area contributed by atoms with Crippen molar-refractivity contribution in [2.24, 2.45) is 0 Å². The predicted molar refractivity (Wildman–Crippen MR) is 122 cm³/mol. The highest BCUT2D eigenvalue weighted by Gasteiger charge is 2.29. The second-order valence-electron chi connectivity index (χ2n) is 7.43. The van der Waals surface area contributed by atoms with E-state index in [4.69, 9.17) is 9.47 Å². The van der Waals surface area contributed by atoms with Gasteiger partial charge in [-0.3, -0.25) is 4.79 Å². The van der Waals surface area contributed by atoms with Crippen molar-refractivity contribution in [3.05, 3.63) is 53.6 Å². The van der Waals surface area contributed by atoms with Crippen molar-refractivity contribution in [1.29, 1.82) is 0 Å². The minimum absolute atomic E-state index is 0.0735. The van der Waals surface area contributed by atoms with E-state index in [0.717, 1.165) is 11.3 Å². The van der Waals surface area contributed by atoms with Gasteiger partial charge in [0.05, 0.1) is 25.5 Å². The topological polar surface area (TPSA) is 105 Å². The average Bonchev–Trinajstić information content (AvgIpc) is 2.78. The largest absolute Gasteiger partial charge is 0.497 e. The quantitative estimate of drug-likeness (QED) is 0.628. The number of sulfonamides is 1. The molecule has 0 bridgehead atoms. The van der Waals surface area contributed by atoms with Crippen LogP contribution in [0, 0.1) is 6.92 Å². The van der Waals surface area contributed by atoms with Gasteiger partial charge in [0.15, 0.2) is 0 Å². The molecule has 1 fully saturated rings. The summed E-state index contributed by atoms with van der Waals surface area (Å²) in [5.74, 6) is -1.72. The Morgan fingerprint density at radius 1 is 1.03 bits per heavy atom. The molecule has 172 valence electrons. The zero-order valence-electron chi connectivity index (χ0n) is 18.3. The molecule has 1 saturated heterocycles. The SMILES string of the molecule is COC(=O)c1cc(OC)ccc1NC(=O)CS(=O)(=O)N1CCN(c2cccc(C)c2)CC1. The fourth-order valence-electron chi connectivity index (χ4n) is 3.53. The number of methoxy groups -OCH3 is 2. The van der Waals surface area contributed by atoms with Crippen LogP contribution in [0.25, 0.3) is 0 Å². The van der Waals surface area contributed by atoms with Crippen LogP contribution in [0.2, 0.25) is 0 Å². The fourth-order valence-corrected chi connectivity index (χ4v) is 4.84. The number of hydrogen-bond acceptors (Lipinski definition) is 7. The van der Waals surface area contributed by atoms with Crippen molar-refractivity contribution in [1.82, 2.24) is 4.31 Å². The number of nitrogens with one attached hydrogen (secondary N) is 1. The molecule has 1 heterocycles. The molecule has 0 saturated carbocycles. The van der Waals surface area contributed by atoms with E-state index in [1.54, 1.807) is 6.07 Å². The van der Waals surface area contributed by atoms with Gasteiger partial charge in [-0.25, -0.2) is 13.2 Å². The molecule has 0 radical (unpaired) electrons. The van der Waals surface area contributed by atoms with Gasteiger partial charge in [0.1, 0.15) is 11.5 Å². The van der Waals surface area contributed by atoms with Crippen LogP contribution in [0.4, 0.5) is 11.4 Å². The van der Waals surface area contributed by atoms with Gasteiger partial charge in [0, 0.05) is 31.9 Å². The molecule has 10 heteroatoms. The Morgan fingerprint density at radius 3 is 2.38 bits per heavy atom. The molecule has 2 aromatic carbocycles. The number of rotatable bonds is 7. The summed E-state index contributed by atoms with van der Waals surface area (Å²) in [6.07, 6.45) is 0. The number of ether oxygens (including phenoxy) is 2. The second kappa shape index (κ2) is 10.0. The molecule has 0 atom stereocenters. The second-order valence-corrected chi connectivity index (χ2v) is 9.40. The van der Waals surface area contributed by atoms with E-state index in [0.29, 0.717) is 31.9 Å². The molecular formula is C22H27N3O6S. The lowest BCUT2D eigenvalue weighted by atomic mass is 10.1. The molecule has 0 aromatic heterocycles. The van der Waals surface area contributed by atoms with Crippen LogP contribution < -0.4 is 15.0 Å². The highest BCUT2D eigenvalue weighted by atomic mass is 32.2. The van der Waals surface area contributed by atoms with E-state index < -0.39 is 27.7 Å². The molecule has 0 aliphatic carbocycles. The van der Waals surface area contributed by atoms with Crippen molar-refractivity contribution < 1.29 is 27.5 Å². The number of aryl methyl sites for hydroxylation is 1. The van der Waals surface area contributed by atoms with Crippen molar-refractivity contribution in [2.75, 3.05) is 56.4 Å². The predicted octanol–water partition coefficient (Wildman–Crippen LogP) is 1.88. The number of carbonyl (C=O) groups excluding carboxylic acids is 2. The van der Waals surface area contributed by atoms with Crippen molar-refractivity contribution >= 4 is 33.3 Å². The van der Waals surface area contributed by atoms with Crippen LogP contribution in [0.5, 0.6) is 5.75 Å². The Bertz CT molecular complexity index is 1090. The van der Waals surface area contributed by atoms with Crippen LogP contribution >= 0.6 is 0 Å². The molecule has 0 spiro atoms. The summed E-state index contributed by atoms with van der Waals surface area (Å²) in [6, 6.07) is 12.5. The van der Waals surface area contributed by atoms with Gasteiger partial charge in [-0.2, -0.15) is 4.31 Å². The monoisotopic (exact) mass is 461 g/mol. The molecule has 1 aliphatic rings. The van der Waals surface area contributed by atoms with Gasteiger partial charge in [0.25, 0.3) is 0 Å². The zero-order valence-corrected chi connectivity index (χ0v) is 19.1. The average molecular weight is 462 g/mol. The number of benzene rings is 2. The summed E-state index contributed by atoms with van der Waals surface area (Å²) in [7, 11) is -1.15. The number of anilines is 2. The molecule has 1 N–H and O–H groups in total. The summed E-state index contributed by atoms with van der Waals surface area (Å²) >= 11 is 0. The number of nitrogens with zero attached hydrogens (tertiary/aromatic N) is 2. The third-order valence-electron chi connectivity index (χ3n) is 5.22. The first-order valence-corrected chi connectivity index (χ1v) is 11.7. The van der Waals surface area contributed by atoms with Gasteiger partial charge >= 0.3 is 5.97 Å². The Labute approximate surface area is 188 Å². The molecule has 0 unspecified atom stereocenters. The number of hydrogen-bond donors (Lipinski definition) is 1. The summed E-state index contributed by atoms with van der Waals surface area (Å²) in [5, 5.41) is 2.50. The third kappa shape index (κ3) is 5.57. The van der Waals surface area contributed by atoms with E-state index in [1.807, 2.05) is 25.1 Å². The van der Waals surface area contributed by atoms with Gasteiger partial charge in [-0.1, -0.05) is 12.1 Å². The lowest BCUT2D eigenvalue weighted by Gasteiger charge is -2.35. The fraction of sp³-hybridized carbons (Fsp3) is 0.364. The molecule has 1 aliphatic heterocycles. The molecule has 3 rings (SSSR count). The Hall–Kier alpha value is -3.11. The van der Waals surface area contributed by atoms with Crippen LogP contribution in [-0.4, -0.2) is 70.8 Å². The first-order valence-electron chi connectivity index (χ1n) is 10.1. The summed E-state index contributed by atoms with van der Waals surface area (Å²) in [4.78, 5) is 26.7. The van der Waals surface area contributed by atoms with Crippen molar-refractivity contribution in [3.63, 3.8) is 0 Å². The lowest BCUT2D eigenvalue weighted by Crippen LogP contribution is -2.50. The van der Waals surface area contributed by atoms with E-state index in [2.05, 4.69) is 16.3 Å². The van der Waals surface area contributed by atoms with Gasteiger partial charge in [-0.05, 0) is 42.8 Å². The minimum Gasteiger partial charge on any atom is -0.497 e. The summed E-state index contributed by atoms with van der Waals surface area (Å²) in [5.41, 5.74) is 2.42. The minimum atomic E-state index is -3.81. The maximum atomic E-state index is 12.8. The molecule has 9 nitrogen and oxygen atoms in total. The first-order chi connectivity index (χ1) is 15.2. The number of piperazine rings is 1. The molecular weight excluding hydrogens is 434 g/mol. The Morgan fingerprint density at radius 2 is 1.75 bits per heavy atom. The highest BCUT2D eigenvalue weighted by molar-refractivity contribution is 7.89. The van der Waals surface area contributed by atoms with Gasteiger partial charge in [0.2, 0.25) is 15.9 Å². The zero-order chi connectivity index (χ0) is 23.3. The van der Waals surface area contributed by atoms with Crippen LogP contribution in [0.15, 0.2) is 42.5 Å². The van der Waals surface area contributed by atoms with Crippen molar-refractivity contribution in [2.45, 2.75) is 6.92 Å². The summed E-state index contributed by atoms with van der Waals surface area (Å²) in [6.45, 7) is 3.67. The van der Waals surface area contributed by atoms with E-state index in [1.165, 1.54) is 30.7 Å². The third-order valence-corrected chi connectivity index (χ3v) is 7.00. The number of amides is 1. The Balaban J connectivity index is 1.63. The smallest absolute Gasteiger partial charge is 0.340 e. The highest BCUT2D eigenvalue weighted by Crippen LogP contribution is 2.23. The van der Waals surface area contributed by atoms with E-state index >= 15 is 0 Å². The van der Waals surface area contributed by atoms with E-state index in [9.17, 15) is 18.0 Å². The van der Waals surface area contributed by atoms with Crippen LogP contribution in [0.1, 0.15) is 15.9 Å². The van der Waals surface area contributed by atoms with Crippen molar-refractivity contribution in [3.8, 4) is 5.75 Å². The number of carbonyl (C=O) groups is 2. The molecule has 32 heavy (non-hydrogen) atoms. The molecule has 2 aromatic rings. The standard InChI is InChI=1S/C22H27N3O6S/c1-16-5-4-6-17(13-16)24-9-11-25(12-10-24)32(28,29)15-21(26)23-20-8-7-18(30-2)14-19(20)22(27)31-3/h4-8,13-14H,9-12,15H2,1-3H3,(H,23,26). The first kappa shape index (κ1) is 23.6. The Kier molecular flexibility index (Phi) is 7.37. The maximum absolute atomic E-state index is 12.8. The number of esters is 1. The summed E-state index contributed by atoms with van der Waals surface area (Å²) < 4.78 is 36.7. The van der Waals surface area contributed by atoms with E-state index in [-0.39, 0.29) is 11.3 Å². The van der Waals surface area contributed by atoms with Crippen LogP contribution in [-0.2, 0) is 19.6 Å². The van der Waals surface area contributed by atoms with Gasteiger partial charge < -0.3 is 19.7 Å². The van der Waals surface area contributed by atoms with Gasteiger partial charge in [-0.15, -0.1) is 0 Å². The van der Waals surface area contributed by atoms with Crippen LogP contribution in [0.3, 0.4) is 0 Å². The normalized spacial score (nSPS) is 14.7. The lowest BCUT2D eigenvalue weighted by molar-refractivity contribution is -0.113.